The molecule has 5 nitrogen and oxygen atoms in total. The van der Waals surface area contributed by atoms with E-state index in [1.165, 1.54) is 7.11 Å². The van der Waals surface area contributed by atoms with E-state index in [9.17, 15) is 9.59 Å². The number of rotatable bonds is 6. The molecule has 0 radical (unpaired) electrons. The van der Waals surface area contributed by atoms with Crippen LogP contribution in [-0.2, 0) is 20.9 Å². The van der Waals surface area contributed by atoms with Crippen molar-refractivity contribution in [3.63, 3.8) is 0 Å². The van der Waals surface area contributed by atoms with E-state index in [2.05, 4.69) is 9.73 Å². The summed E-state index contributed by atoms with van der Waals surface area (Å²) in [5.74, 6) is -0.599. The van der Waals surface area contributed by atoms with Gasteiger partial charge in [0.05, 0.1) is 7.11 Å². The van der Waals surface area contributed by atoms with Crippen LogP contribution >= 0.6 is 0 Å². The SMILES string of the molecule is CCC(C)(C)CC(=NC(=O)OCc1ccccc1)C(=O)OC. The summed E-state index contributed by atoms with van der Waals surface area (Å²) in [7, 11) is 1.27. The van der Waals surface area contributed by atoms with Crippen molar-refractivity contribution < 1.29 is 19.1 Å². The zero-order valence-electron chi connectivity index (χ0n) is 13.6. The van der Waals surface area contributed by atoms with E-state index >= 15 is 0 Å². The number of nitrogens with zero attached hydrogens (tertiary/aromatic N) is 1. The molecule has 0 saturated carbocycles. The second-order valence-corrected chi connectivity index (χ2v) is 5.78. The molecule has 0 aliphatic rings. The number of hydrogen-bond acceptors (Lipinski definition) is 4. The highest BCUT2D eigenvalue weighted by Gasteiger charge is 2.24. The van der Waals surface area contributed by atoms with Crippen LogP contribution in [-0.4, -0.2) is 24.9 Å². The van der Waals surface area contributed by atoms with Crippen LogP contribution in [0, 0.1) is 5.41 Å². The van der Waals surface area contributed by atoms with Gasteiger partial charge in [0.25, 0.3) is 0 Å². The van der Waals surface area contributed by atoms with E-state index in [-0.39, 0.29) is 17.7 Å². The molecule has 0 aromatic heterocycles. The molecule has 22 heavy (non-hydrogen) atoms. The minimum atomic E-state index is -0.781. The van der Waals surface area contributed by atoms with Crippen LogP contribution in [0.25, 0.3) is 0 Å². The van der Waals surface area contributed by atoms with Crippen molar-refractivity contribution in [2.24, 2.45) is 10.4 Å². The number of benzene rings is 1. The van der Waals surface area contributed by atoms with Crippen molar-refractivity contribution in [1.82, 2.24) is 0 Å². The number of carbonyl (C=O) groups is 2. The summed E-state index contributed by atoms with van der Waals surface area (Å²) >= 11 is 0. The molecule has 0 saturated heterocycles. The average Bonchev–Trinajstić information content (AvgIpc) is 2.52. The third-order valence-corrected chi connectivity index (χ3v) is 3.46. The maximum atomic E-state index is 11.8. The standard InChI is InChI=1S/C17H23NO4/c1-5-17(2,3)11-14(15(19)21-4)18-16(20)22-12-13-9-7-6-8-10-13/h6-10H,5,11-12H2,1-4H3. The van der Waals surface area contributed by atoms with Gasteiger partial charge in [-0.1, -0.05) is 57.5 Å². The largest absolute Gasteiger partial charge is 0.465 e. The Morgan fingerprint density at radius 1 is 1.18 bits per heavy atom. The molecule has 0 N–H and O–H groups in total. The van der Waals surface area contributed by atoms with Gasteiger partial charge < -0.3 is 9.47 Å². The van der Waals surface area contributed by atoms with Crippen LogP contribution in [0.3, 0.4) is 0 Å². The minimum absolute atomic E-state index is 0.0902. The molecule has 5 heteroatoms. The number of ether oxygens (including phenoxy) is 2. The van der Waals surface area contributed by atoms with Gasteiger partial charge in [-0.3, -0.25) is 0 Å². The van der Waals surface area contributed by atoms with Crippen molar-refractivity contribution in [3.8, 4) is 0 Å². The number of amides is 1. The normalized spacial score (nSPS) is 11.9. The van der Waals surface area contributed by atoms with Gasteiger partial charge in [-0.15, -0.1) is 0 Å². The van der Waals surface area contributed by atoms with Crippen LogP contribution in [0.5, 0.6) is 0 Å². The topological polar surface area (TPSA) is 65.0 Å². The number of aliphatic imine (C=N–C) groups is 1. The first-order valence-electron chi connectivity index (χ1n) is 7.24. The highest BCUT2D eigenvalue weighted by Crippen LogP contribution is 2.25. The maximum absolute atomic E-state index is 11.8. The second kappa shape index (κ2) is 8.32. The Hall–Kier alpha value is -2.17. The molecule has 1 amide bonds. The average molecular weight is 305 g/mol. The smallest absolute Gasteiger partial charge is 0.434 e. The first kappa shape index (κ1) is 17.9. The predicted molar refractivity (Wildman–Crippen MR) is 84.8 cm³/mol. The van der Waals surface area contributed by atoms with E-state index < -0.39 is 12.1 Å². The molecule has 120 valence electrons. The van der Waals surface area contributed by atoms with Crippen molar-refractivity contribution >= 4 is 17.8 Å². The molecule has 1 aromatic rings. The molecule has 0 unspecified atom stereocenters. The fraction of sp³-hybridized carbons (Fsp3) is 0.471. The van der Waals surface area contributed by atoms with E-state index in [4.69, 9.17) is 4.74 Å². The van der Waals surface area contributed by atoms with Gasteiger partial charge in [-0.25, -0.2) is 9.59 Å². The van der Waals surface area contributed by atoms with Gasteiger partial charge in [0.1, 0.15) is 12.3 Å². The Bertz CT molecular complexity index is 535. The summed E-state index contributed by atoms with van der Waals surface area (Å²) in [6.07, 6.45) is 0.426. The Morgan fingerprint density at radius 3 is 2.36 bits per heavy atom. The number of esters is 1. The van der Waals surface area contributed by atoms with Crippen molar-refractivity contribution in [2.75, 3.05) is 7.11 Å². The van der Waals surface area contributed by atoms with Gasteiger partial charge in [-0.05, 0) is 11.0 Å². The maximum Gasteiger partial charge on any atom is 0.434 e. The highest BCUT2D eigenvalue weighted by molar-refractivity contribution is 6.38. The lowest BCUT2D eigenvalue weighted by atomic mass is 9.84. The molecule has 1 rings (SSSR count). The van der Waals surface area contributed by atoms with Gasteiger partial charge in [-0.2, -0.15) is 4.99 Å². The van der Waals surface area contributed by atoms with Crippen LogP contribution in [0.15, 0.2) is 35.3 Å². The monoisotopic (exact) mass is 305 g/mol. The van der Waals surface area contributed by atoms with Gasteiger partial charge in [0.15, 0.2) is 0 Å². The number of hydrogen-bond donors (Lipinski definition) is 0. The first-order chi connectivity index (χ1) is 10.4. The Labute approximate surface area is 131 Å². The van der Waals surface area contributed by atoms with Crippen molar-refractivity contribution in [2.45, 2.75) is 40.2 Å². The first-order valence-corrected chi connectivity index (χ1v) is 7.24. The molecule has 0 fully saturated rings. The fourth-order valence-electron chi connectivity index (χ4n) is 1.72. The lowest BCUT2D eigenvalue weighted by Crippen LogP contribution is -2.25. The van der Waals surface area contributed by atoms with E-state index in [0.29, 0.717) is 6.42 Å². The third kappa shape index (κ3) is 6.08. The van der Waals surface area contributed by atoms with Crippen LogP contribution in [0.2, 0.25) is 0 Å². The van der Waals surface area contributed by atoms with E-state index in [0.717, 1.165) is 12.0 Å². The Kier molecular flexibility index (Phi) is 6.76. The second-order valence-electron chi connectivity index (χ2n) is 5.78. The number of methoxy groups -OCH3 is 1. The van der Waals surface area contributed by atoms with Crippen LogP contribution in [0.4, 0.5) is 4.79 Å². The lowest BCUT2D eigenvalue weighted by molar-refractivity contribution is -0.133. The Morgan fingerprint density at radius 2 is 1.82 bits per heavy atom. The summed E-state index contributed by atoms with van der Waals surface area (Å²) in [4.78, 5) is 27.3. The summed E-state index contributed by atoms with van der Waals surface area (Å²) < 4.78 is 9.76. The highest BCUT2D eigenvalue weighted by atomic mass is 16.5. The van der Waals surface area contributed by atoms with Crippen molar-refractivity contribution in [1.29, 1.82) is 0 Å². The summed E-state index contributed by atoms with van der Waals surface area (Å²) in [5, 5.41) is 0. The van der Waals surface area contributed by atoms with Crippen LogP contribution < -0.4 is 0 Å². The van der Waals surface area contributed by atoms with E-state index in [1.807, 2.05) is 51.1 Å². The summed E-state index contributed by atoms with van der Waals surface area (Å²) in [6, 6.07) is 9.29. The fourth-order valence-corrected chi connectivity index (χ4v) is 1.72. The molecular formula is C17H23NO4. The zero-order valence-corrected chi connectivity index (χ0v) is 13.6. The molecule has 0 spiro atoms. The number of carbonyl (C=O) groups excluding carboxylic acids is 2. The molecular weight excluding hydrogens is 282 g/mol. The van der Waals surface area contributed by atoms with Gasteiger partial charge in [0, 0.05) is 6.42 Å². The molecule has 0 heterocycles. The zero-order chi connectivity index (χ0) is 16.6. The van der Waals surface area contributed by atoms with Gasteiger partial charge in [0.2, 0.25) is 0 Å². The van der Waals surface area contributed by atoms with Crippen molar-refractivity contribution in [3.05, 3.63) is 35.9 Å². The Balaban J connectivity index is 2.74. The predicted octanol–water partition coefficient (Wildman–Crippen LogP) is 3.76. The molecule has 0 bridgehead atoms. The summed E-state index contributed by atoms with van der Waals surface area (Å²) in [5.41, 5.74) is 0.805. The molecule has 0 aliphatic carbocycles. The quantitative estimate of drug-likeness (QED) is 0.593. The lowest BCUT2D eigenvalue weighted by Gasteiger charge is -2.22. The van der Waals surface area contributed by atoms with E-state index in [1.54, 1.807) is 0 Å². The molecule has 0 atom stereocenters. The third-order valence-electron chi connectivity index (χ3n) is 3.46. The molecule has 0 aliphatic heterocycles. The summed E-state index contributed by atoms with van der Waals surface area (Å²) in [6.45, 7) is 6.14. The minimum Gasteiger partial charge on any atom is -0.465 e. The van der Waals surface area contributed by atoms with Gasteiger partial charge >= 0.3 is 12.1 Å². The molecule has 1 aromatic carbocycles. The van der Waals surface area contributed by atoms with Crippen LogP contribution in [0.1, 0.15) is 39.2 Å².